The molecule has 0 radical (unpaired) electrons. The maximum atomic E-state index is 13.6. The largest absolute Gasteiger partial charge is 0.491 e. The number of amides is 3. The normalized spacial score (nSPS) is 20.2. The van der Waals surface area contributed by atoms with Crippen molar-refractivity contribution >= 4 is 17.6 Å². The molecule has 42 heavy (non-hydrogen) atoms. The Bertz CT molecular complexity index is 1330. The van der Waals surface area contributed by atoms with Crippen LogP contribution >= 0.6 is 0 Å². The maximum Gasteiger partial charge on any atom is 0.319 e. The van der Waals surface area contributed by atoms with Crippen molar-refractivity contribution < 1.29 is 19.1 Å². The number of likely N-dealkylation sites (N-methyl/N-ethyl adjacent to an activating group) is 1. The molecule has 1 aliphatic heterocycles. The summed E-state index contributed by atoms with van der Waals surface area (Å²) in [5.41, 5.74) is 4.14. The molecule has 9 heteroatoms. The number of methoxy groups -OCH3 is 1. The van der Waals surface area contributed by atoms with E-state index in [-0.39, 0.29) is 36.0 Å². The SMILES string of the molecule is CO[C@@H]1CN(C)C(=O)c2cc(NC(=O)NC(C)C)ccc2OC[C@@H](C)N(Cc2ccc(-c3ccccn3)cc2)C[C@@H]1C. The van der Waals surface area contributed by atoms with Gasteiger partial charge in [-0.15, -0.1) is 0 Å². The summed E-state index contributed by atoms with van der Waals surface area (Å²) in [4.78, 5) is 34.4. The van der Waals surface area contributed by atoms with E-state index in [9.17, 15) is 9.59 Å². The summed E-state index contributed by atoms with van der Waals surface area (Å²) in [7, 11) is 3.47. The van der Waals surface area contributed by atoms with Crippen LogP contribution in [0.5, 0.6) is 5.75 Å². The van der Waals surface area contributed by atoms with Crippen LogP contribution < -0.4 is 15.4 Å². The number of hydrogen-bond acceptors (Lipinski definition) is 6. The van der Waals surface area contributed by atoms with Crippen molar-refractivity contribution in [3.05, 3.63) is 78.0 Å². The number of pyridine rings is 1. The van der Waals surface area contributed by atoms with Crippen LogP contribution in [0.3, 0.4) is 0 Å². The molecule has 3 amide bonds. The fourth-order valence-electron chi connectivity index (χ4n) is 5.13. The number of fused-ring (bicyclic) bond motifs is 1. The van der Waals surface area contributed by atoms with Gasteiger partial charge in [-0.2, -0.15) is 0 Å². The first-order valence-electron chi connectivity index (χ1n) is 14.5. The van der Waals surface area contributed by atoms with Crippen molar-refractivity contribution in [1.82, 2.24) is 20.1 Å². The van der Waals surface area contributed by atoms with Gasteiger partial charge in [0.05, 0.1) is 17.4 Å². The fourth-order valence-corrected chi connectivity index (χ4v) is 5.13. The molecular weight excluding hydrogens is 530 g/mol. The van der Waals surface area contributed by atoms with E-state index in [1.165, 1.54) is 5.56 Å². The van der Waals surface area contributed by atoms with Gasteiger partial charge in [0.25, 0.3) is 5.91 Å². The van der Waals surface area contributed by atoms with E-state index in [1.54, 1.807) is 43.5 Å². The molecule has 0 bridgehead atoms. The topological polar surface area (TPSA) is 96.0 Å². The molecule has 2 heterocycles. The van der Waals surface area contributed by atoms with Crippen LogP contribution in [0.2, 0.25) is 0 Å². The Morgan fingerprint density at radius 2 is 1.86 bits per heavy atom. The lowest BCUT2D eigenvalue weighted by Crippen LogP contribution is -2.46. The Morgan fingerprint density at radius 1 is 1.10 bits per heavy atom. The number of hydrogen-bond donors (Lipinski definition) is 2. The maximum absolute atomic E-state index is 13.6. The van der Waals surface area contributed by atoms with Crippen LogP contribution in [0.15, 0.2) is 66.9 Å². The van der Waals surface area contributed by atoms with Gasteiger partial charge < -0.3 is 25.0 Å². The molecule has 0 spiro atoms. The molecule has 0 saturated heterocycles. The highest BCUT2D eigenvalue weighted by Gasteiger charge is 2.28. The quantitative estimate of drug-likeness (QED) is 0.416. The van der Waals surface area contributed by atoms with Crippen molar-refractivity contribution in [2.75, 3.05) is 39.2 Å². The van der Waals surface area contributed by atoms with Crippen LogP contribution in [0.25, 0.3) is 11.3 Å². The monoisotopic (exact) mass is 573 g/mol. The van der Waals surface area contributed by atoms with Crippen LogP contribution in [-0.2, 0) is 11.3 Å². The third kappa shape index (κ3) is 8.08. The summed E-state index contributed by atoms with van der Waals surface area (Å²) < 4.78 is 12.2. The number of urea groups is 1. The second kappa shape index (κ2) is 14.3. The third-order valence-corrected chi connectivity index (χ3v) is 7.55. The summed E-state index contributed by atoms with van der Waals surface area (Å²) in [6, 6.07) is 19.3. The zero-order chi connectivity index (χ0) is 30.2. The lowest BCUT2D eigenvalue weighted by molar-refractivity contribution is 0.00922. The van der Waals surface area contributed by atoms with Gasteiger partial charge in [0.1, 0.15) is 12.4 Å². The van der Waals surface area contributed by atoms with E-state index < -0.39 is 0 Å². The molecule has 0 unspecified atom stereocenters. The smallest absolute Gasteiger partial charge is 0.319 e. The molecule has 2 aromatic carbocycles. The van der Waals surface area contributed by atoms with Gasteiger partial charge in [-0.05, 0) is 62.6 Å². The summed E-state index contributed by atoms with van der Waals surface area (Å²) in [6.45, 7) is 10.4. The number of nitrogens with zero attached hydrogens (tertiary/aromatic N) is 3. The first-order chi connectivity index (χ1) is 20.1. The van der Waals surface area contributed by atoms with E-state index >= 15 is 0 Å². The number of ether oxygens (including phenoxy) is 2. The summed E-state index contributed by atoms with van der Waals surface area (Å²) in [5, 5.41) is 5.62. The van der Waals surface area contributed by atoms with Gasteiger partial charge in [-0.1, -0.05) is 37.3 Å². The predicted molar refractivity (Wildman–Crippen MR) is 166 cm³/mol. The van der Waals surface area contributed by atoms with Crippen molar-refractivity contribution in [1.29, 1.82) is 0 Å². The number of nitrogens with one attached hydrogen (secondary N) is 2. The minimum absolute atomic E-state index is 0.0124. The van der Waals surface area contributed by atoms with E-state index in [4.69, 9.17) is 9.47 Å². The van der Waals surface area contributed by atoms with Crippen molar-refractivity contribution in [2.24, 2.45) is 5.92 Å². The minimum Gasteiger partial charge on any atom is -0.491 e. The van der Waals surface area contributed by atoms with Crippen LogP contribution in [-0.4, -0.2) is 78.8 Å². The molecule has 0 fully saturated rings. The van der Waals surface area contributed by atoms with E-state index in [0.29, 0.717) is 30.2 Å². The van der Waals surface area contributed by atoms with Crippen LogP contribution in [0.4, 0.5) is 10.5 Å². The lowest BCUT2D eigenvalue weighted by atomic mass is 10.0. The number of aromatic nitrogens is 1. The molecule has 1 aromatic heterocycles. The Labute approximate surface area is 249 Å². The molecule has 224 valence electrons. The summed E-state index contributed by atoms with van der Waals surface area (Å²) in [6.07, 6.45) is 1.64. The van der Waals surface area contributed by atoms with Gasteiger partial charge >= 0.3 is 6.03 Å². The van der Waals surface area contributed by atoms with Gasteiger partial charge in [0, 0.05) is 63.3 Å². The fraction of sp³-hybridized carbons (Fsp3) is 0.424. The van der Waals surface area contributed by atoms with Gasteiger partial charge in [-0.25, -0.2) is 4.79 Å². The standard InChI is InChI=1S/C33H43N5O4/c1-22(2)35-33(40)36-27-14-15-30-28(17-27)32(39)37(5)20-31(41-6)23(3)18-38(24(4)21-42-30)19-25-10-12-26(13-11-25)29-9-7-8-16-34-29/h7-17,22-24,31H,18-21H2,1-6H3,(H2,35,36,40)/t23-,24+,31+/m0/s1. The zero-order valence-corrected chi connectivity index (χ0v) is 25.5. The van der Waals surface area contributed by atoms with Gasteiger partial charge in [0.2, 0.25) is 0 Å². The summed E-state index contributed by atoms with van der Waals surface area (Å²) in [5.74, 6) is 0.438. The molecule has 9 nitrogen and oxygen atoms in total. The minimum atomic E-state index is -0.328. The number of carbonyl (C=O) groups is 2. The molecule has 1 aliphatic rings. The van der Waals surface area contributed by atoms with E-state index in [1.807, 2.05) is 32.0 Å². The molecular formula is C33H43N5O4. The highest BCUT2D eigenvalue weighted by Crippen LogP contribution is 2.27. The van der Waals surface area contributed by atoms with Crippen molar-refractivity contribution in [3.8, 4) is 17.0 Å². The molecule has 0 saturated carbocycles. The molecule has 2 N–H and O–H groups in total. The third-order valence-electron chi connectivity index (χ3n) is 7.55. The highest BCUT2D eigenvalue weighted by molar-refractivity contribution is 5.99. The van der Waals surface area contributed by atoms with Crippen LogP contribution in [0, 0.1) is 5.92 Å². The average molecular weight is 574 g/mol. The Morgan fingerprint density at radius 3 is 2.52 bits per heavy atom. The number of benzene rings is 2. The number of carbonyl (C=O) groups excluding carboxylic acids is 2. The predicted octanol–water partition coefficient (Wildman–Crippen LogP) is 5.28. The van der Waals surface area contributed by atoms with E-state index in [0.717, 1.165) is 24.3 Å². The van der Waals surface area contributed by atoms with Gasteiger partial charge in [-0.3, -0.25) is 14.7 Å². The first-order valence-corrected chi connectivity index (χ1v) is 14.5. The summed E-state index contributed by atoms with van der Waals surface area (Å²) >= 11 is 0. The Balaban J connectivity index is 1.58. The molecule has 3 aromatic rings. The number of rotatable bonds is 6. The van der Waals surface area contributed by atoms with Crippen molar-refractivity contribution in [2.45, 2.75) is 52.4 Å². The lowest BCUT2D eigenvalue weighted by Gasteiger charge is -2.36. The average Bonchev–Trinajstić information content (AvgIpc) is 2.98. The van der Waals surface area contributed by atoms with E-state index in [2.05, 4.69) is 58.6 Å². The zero-order valence-electron chi connectivity index (χ0n) is 25.5. The second-order valence-electron chi connectivity index (χ2n) is 11.4. The van der Waals surface area contributed by atoms with Crippen molar-refractivity contribution in [3.63, 3.8) is 0 Å². The first kappa shape index (κ1) is 31.0. The second-order valence-corrected chi connectivity index (χ2v) is 11.4. The molecule has 0 aliphatic carbocycles. The molecule has 3 atom stereocenters. The Kier molecular flexibility index (Phi) is 10.5. The number of anilines is 1. The van der Waals surface area contributed by atoms with Crippen LogP contribution in [0.1, 0.15) is 43.6 Å². The molecule has 4 rings (SSSR count). The highest BCUT2D eigenvalue weighted by atomic mass is 16.5. The Hall–Kier alpha value is -3.95. The van der Waals surface area contributed by atoms with Gasteiger partial charge in [0.15, 0.2) is 0 Å².